The molecule has 0 saturated carbocycles. The topological polar surface area (TPSA) is 99.0 Å². The summed E-state index contributed by atoms with van der Waals surface area (Å²) >= 11 is 0. The molecular weight excluding hydrogens is 530 g/mol. The molecule has 9 heteroatoms. The normalized spacial score (nSPS) is 19.9. The molecule has 1 atom stereocenters. The molecule has 1 N–H and O–H groups in total. The van der Waals surface area contributed by atoms with Crippen LogP contribution in [0.3, 0.4) is 0 Å². The number of fused-ring (bicyclic) bond motifs is 1. The van der Waals surface area contributed by atoms with Crippen LogP contribution in [0, 0.1) is 15.5 Å². The van der Waals surface area contributed by atoms with E-state index in [4.69, 9.17) is 0 Å². The van der Waals surface area contributed by atoms with Crippen molar-refractivity contribution in [2.75, 3.05) is 47.8 Å². The van der Waals surface area contributed by atoms with Crippen LogP contribution in [0.4, 0.5) is 22.7 Å². The predicted molar refractivity (Wildman–Crippen MR) is 164 cm³/mol. The number of benzene rings is 3. The molecule has 2 aliphatic heterocycles. The number of non-ortho nitro benzene ring substituents is 1. The maximum Gasteiger partial charge on any atom is 0.269 e. The van der Waals surface area contributed by atoms with Gasteiger partial charge in [0.2, 0.25) is 5.91 Å². The van der Waals surface area contributed by atoms with Crippen molar-refractivity contribution in [3.63, 3.8) is 0 Å². The number of hydrogen-bond acceptors (Lipinski definition) is 7. The van der Waals surface area contributed by atoms with Crippen molar-refractivity contribution in [3.05, 3.63) is 106 Å². The van der Waals surface area contributed by atoms with Gasteiger partial charge in [0.25, 0.3) is 5.69 Å². The number of nitrogens with one attached hydrogen (secondary N) is 1. The van der Waals surface area contributed by atoms with E-state index >= 15 is 0 Å². The average molecular weight is 566 g/mol. The Morgan fingerprint density at radius 3 is 2.29 bits per heavy atom. The Bertz CT molecular complexity index is 1540. The number of nitro benzene ring substituents is 1. The second-order valence-corrected chi connectivity index (χ2v) is 12.1. The Hall–Kier alpha value is -4.66. The summed E-state index contributed by atoms with van der Waals surface area (Å²) in [7, 11) is 0. The zero-order valence-corrected chi connectivity index (χ0v) is 24.0. The molecule has 0 aromatic heterocycles. The lowest BCUT2D eigenvalue weighted by molar-refractivity contribution is -0.384. The van der Waals surface area contributed by atoms with E-state index in [1.54, 1.807) is 12.1 Å². The third kappa shape index (κ3) is 5.34. The van der Waals surface area contributed by atoms with E-state index in [0.717, 1.165) is 41.4 Å². The molecule has 0 bridgehead atoms. The number of rotatable bonds is 5. The minimum atomic E-state index is -0.574. The number of para-hydroxylation sites is 3. The fraction of sp³-hybridized carbons (Fsp3) is 0.333. The van der Waals surface area contributed by atoms with E-state index in [1.165, 1.54) is 12.1 Å². The van der Waals surface area contributed by atoms with Crippen LogP contribution in [-0.4, -0.2) is 54.2 Å². The summed E-state index contributed by atoms with van der Waals surface area (Å²) in [6.07, 6.45) is 1.06. The number of hydrogen-bond donors (Lipinski definition) is 1. The highest BCUT2D eigenvalue weighted by atomic mass is 16.6. The first-order valence-electron chi connectivity index (χ1n) is 14.4. The third-order valence-electron chi connectivity index (χ3n) is 8.48. The van der Waals surface area contributed by atoms with E-state index < -0.39 is 11.0 Å². The molecule has 3 aliphatic rings. The molecule has 9 nitrogen and oxygen atoms in total. The van der Waals surface area contributed by atoms with Crippen molar-refractivity contribution >= 4 is 34.4 Å². The van der Waals surface area contributed by atoms with Gasteiger partial charge < -0.3 is 20.0 Å². The van der Waals surface area contributed by atoms with Crippen molar-refractivity contribution in [1.29, 1.82) is 0 Å². The second-order valence-electron chi connectivity index (χ2n) is 12.1. The number of nitro groups is 1. The summed E-state index contributed by atoms with van der Waals surface area (Å²) in [5.74, 6) is 0.0101. The summed E-state index contributed by atoms with van der Waals surface area (Å²) < 4.78 is 0. The van der Waals surface area contributed by atoms with Crippen LogP contribution in [0.2, 0.25) is 0 Å². The van der Waals surface area contributed by atoms with Crippen LogP contribution in [0.25, 0.3) is 0 Å². The SMILES string of the molecule is CC1(C)CC(=O)C2=C(C1)Nc1ccccc1N(CC(=O)N1CCN(c3ccccc3)CC1)C2c1ccc([N+](=O)[O-])cc1. The van der Waals surface area contributed by atoms with Crippen LogP contribution < -0.4 is 15.1 Å². The summed E-state index contributed by atoms with van der Waals surface area (Å²) in [5.41, 5.74) is 4.77. The molecule has 3 aromatic rings. The quantitative estimate of drug-likeness (QED) is 0.319. The Labute approximate surface area is 245 Å². The number of piperazine rings is 1. The first-order chi connectivity index (χ1) is 20.2. The van der Waals surface area contributed by atoms with Crippen LogP contribution in [0.1, 0.15) is 38.3 Å². The van der Waals surface area contributed by atoms with Crippen LogP contribution in [0.5, 0.6) is 0 Å². The minimum Gasteiger partial charge on any atom is -0.368 e. The first kappa shape index (κ1) is 27.5. The monoisotopic (exact) mass is 565 g/mol. The van der Waals surface area contributed by atoms with Gasteiger partial charge in [0.15, 0.2) is 5.78 Å². The van der Waals surface area contributed by atoms with Crippen molar-refractivity contribution in [2.24, 2.45) is 5.41 Å². The largest absolute Gasteiger partial charge is 0.368 e. The van der Waals surface area contributed by atoms with Gasteiger partial charge in [-0.25, -0.2) is 0 Å². The molecule has 1 aliphatic carbocycles. The van der Waals surface area contributed by atoms with Gasteiger partial charge in [-0.05, 0) is 53.8 Å². The van der Waals surface area contributed by atoms with Crippen LogP contribution in [-0.2, 0) is 9.59 Å². The zero-order chi connectivity index (χ0) is 29.4. The molecule has 1 amide bonds. The molecule has 1 unspecified atom stereocenters. The number of carbonyl (C=O) groups excluding carboxylic acids is 2. The number of carbonyl (C=O) groups is 2. The van der Waals surface area contributed by atoms with Crippen LogP contribution in [0.15, 0.2) is 90.1 Å². The minimum absolute atomic E-state index is 0.0166. The number of nitrogens with zero attached hydrogens (tertiary/aromatic N) is 4. The molecule has 1 saturated heterocycles. The third-order valence-corrected chi connectivity index (χ3v) is 8.48. The van der Waals surface area contributed by atoms with Crippen molar-refractivity contribution < 1.29 is 14.5 Å². The van der Waals surface area contributed by atoms with Gasteiger partial charge >= 0.3 is 0 Å². The van der Waals surface area contributed by atoms with E-state index in [-0.39, 0.29) is 29.3 Å². The van der Waals surface area contributed by atoms with Gasteiger partial charge in [-0.2, -0.15) is 0 Å². The lowest BCUT2D eigenvalue weighted by Crippen LogP contribution is -2.52. The number of ketones is 1. The van der Waals surface area contributed by atoms with E-state index in [2.05, 4.69) is 36.2 Å². The van der Waals surface area contributed by atoms with Gasteiger partial charge in [0.1, 0.15) is 0 Å². The highest BCUT2D eigenvalue weighted by molar-refractivity contribution is 6.02. The molecule has 6 rings (SSSR count). The molecule has 0 spiro atoms. The van der Waals surface area contributed by atoms with Gasteiger partial charge in [0, 0.05) is 61.7 Å². The zero-order valence-electron chi connectivity index (χ0n) is 24.0. The van der Waals surface area contributed by atoms with Gasteiger partial charge in [-0.15, -0.1) is 0 Å². The Balaban J connectivity index is 1.37. The number of Topliss-reactive ketones (excluding diaryl/α,β-unsaturated/α-hetero) is 1. The molecule has 1 fully saturated rings. The molecule has 42 heavy (non-hydrogen) atoms. The molecule has 0 radical (unpaired) electrons. The Morgan fingerprint density at radius 2 is 1.60 bits per heavy atom. The fourth-order valence-corrected chi connectivity index (χ4v) is 6.45. The Kier molecular flexibility index (Phi) is 7.18. The highest BCUT2D eigenvalue weighted by Gasteiger charge is 2.42. The average Bonchev–Trinajstić information content (AvgIpc) is 3.11. The maximum atomic E-state index is 14.0. The maximum absolute atomic E-state index is 14.0. The van der Waals surface area contributed by atoms with Crippen LogP contribution >= 0.6 is 0 Å². The molecule has 216 valence electrons. The lowest BCUT2D eigenvalue weighted by atomic mass is 9.73. The summed E-state index contributed by atoms with van der Waals surface area (Å²) in [6.45, 7) is 6.93. The molecule has 2 heterocycles. The van der Waals surface area contributed by atoms with Gasteiger partial charge in [-0.3, -0.25) is 19.7 Å². The van der Waals surface area contributed by atoms with E-state index in [1.807, 2.05) is 52.3 Å². The summed E-state index contributed by atoms with van der Waals surface area (Å²) in [5, 5.41) is 15.0. The smallest absolute Gasteiger partial charge is 0.269 e. The van der Waals surface area contributed by atoms with Gasteiger partial charge in [-0.1, -0.05) is 44.2 Å². The number of anilines is 3. The number of amides is 1. The molecule has 3 aromatic carbocycles. The standard InChI is InChI=1S/C33H35N5O4/c1-33(2)20-27-31(29(39)21-33)32(23-12-14-25(15-13-23)38(41)42)37(28-11-7-6-10-26(28)34-27)22-30(40)36-18-16-35(17-19-36)24-8-4-3-5-9-24/h3-15,32,34H,16-22H2,1-2H3. The molecular formula is C33H35N5O4. The summed E-state index contributed by atoms with van der Waals surface area (Å²) in [6, 6.07) is 23.8. The fourth-order valence-electron chi connectivity index (χ4n) is 6.45. The highest BCUT2D eigenvalue weighted by Crippen LogP contribution is 2.48. The van der Waals surface area contributed by atoms with Crippen molar-refractivity contribution in [2.45, 2.75) is 32.7 Å². The van der Waals surface area contributed by atoms with Crippen molar-refractivity contribution in [1.82, 2.24) is 4.90 Å². The summed E-state index contributed by atoms with van der Waals surface area (Å²) in [4.78, 5) is 45.0. The lowest BCUT2D eigenvalue weighted by Gasteiger charge is -2.40. The van der Waals surface area contributed by atoms with Crippen molar-refractivity contribution in [3.8, 4) is 0 Å². The van der Waals surface area contributed by atoms with Gasteiger partial charge in [0.05, 0.1) is 28.9 Å². The first-order valence-corrected chi connectivity index (χ1v) is 14.4. The number of allylic oxidation sites excluding steroid dienone is 1. The van der Waals surface area contributed by atoms with E-state index in [0.29, 0.717) is 31.5 Å². The van der Waals surface area contributed by atoms with E-state index in [9.17, 15) is 19.7 Å². The second kappa shape index (κ2) is 11.0. The predicted octanol–water partition coefficient (Wildman–Crippen LogP) is 5.56. The Morgan fingerprint density at radius 1 is 0.929 bits per heavy atom.